The fourth-order valence-electron chi connectivity index (χ4n) is 2.91. The van der Waals surface area contributed by atoms with E-state index in [9.17, 15) is 9.59 Å². The Hall–Kier alpha value is -2.33. The number of carbonyl (C=O) groups is 2. The molecular weight excluding hydrogens is 324 g/mol. The molecule has 2 amide bonds. The lowest BCUT2D eigenvalue weighted by atomic mass is 10.1. The summed E-state index contributed by atoms with van der Waals surface area (Å²) in [6.07, 6.45) is 1.27. The van der Waals surface area contributed by atoms with E-state index in [4.69, 9.17) is 11.6 Å². The summed E-state index contributed by atoms with van der Waals surface area (Å²) in [6.45, 7) is 2.93. The Labute approximate surface area is 146 Å². The van der Waals surface area contributed by atoms with Crippen molar-refractivity contribution in [2.45, 2.75) is 26.3 Å². The van der Waals surface area contributed by atoms with Crippen LogP contribution in [0.3, 0.4) is 0 Å². The summed E-state index contributed by atoms with van der Waals surface area (Å²) >= 11 is 6.10. The van der Waals surface area contributed by atoms with Crippen molar-refractivity contribution in [2.75, 3.05) is 11.4 Å². The van der Waals surface area contributed by atoms with Gasteiger partial charge in [-0.3, -0.25) is 9.59 Å². The molecule has 0 aromatic heterocycles. The van der Waals surface area contributed by atoms with Gasteiger partial charge in [-0.15, -0.1) is 0 Å². The van der Waals surface area contributed by atoms with Crippen molar-refractivity contribution in [1.82, 2.24) is 5.32 Å². The second kappa shape index (κ2) is 7.05. The maximum Gasteiger partial charge on any atom is 0.251 e. The third-order valence-corrected chi connectivity index (χ3v) is 4.61. The van der Waals surface area contributed by atoms with Crippen molar-refractivity contribution in [3.8, 4) is 0 Å². The van der Waals surface area contributed by atoms with Crippen LogP contribution in [0.5, 0.6) is 0 Å². The fraction of sp³-hybridized carbons (Fsp3) is 0.263. The third kappa shape index (κ3) is 3.29. The molecule has 0 unspecified atom stereocenters. The number of rotatable bonds is 4. The van der Waals surface area contributed by atoms with Gasteiger partial charge in [0.1, 0.15) is 0 Å². The molecule has 0 saturated heterocycles. The van der Waals surface area contributed by atoms with Gasteiger partial charge in [0.05, 0.1) is 0 Å². The highest BCUT2D eigenvalue weighted by atomic mass is 35.5. The Morgan fingerprint density at radius 3 is 2.75 bits per heavy atom. The molecule has 0 radical (unpaired) electrons. The lowest BCUT2D eigenvalue weighted by Crippen LogP contribution is -2.27. The van der Waals surface area contributed by atoms with Crippen LogP contribution < -0.4 is 10.2 Å². The number of fused-ring (bicyclic) bond motifs is 1. The van der Waals surface area contributed by atoms with Crippen molar-refractivity contribution >= 4 is 29.1 Å². The second-order valence-electron chi connectivity index (χ2n) is 5.77. The first-order valence-corrected chi connectivity index (χ1v) is 8.43. The van der Waals surface area contributed by atoms with Crippen molar-refractivity contribution in [2.24, 2.45) is 0 Å². The van der Waals surface area contributed by atoms with Gasteiger partial charge >= 0.3 is 0 Å². The Morgan fingerprint density at radius 1 is 1.21 bits per heavy atom. The molecule has 0 aliphatic carbocycles. The number of hydrogen-bond acceptors (Lipinski definition) is 2. The Balaban J connectivity index is 1.71. The molecule has 1 aliphatic heterocycles. The average Bonchev–Trinajstić information content (AvgIpc) is 3.03. The minimum atomic E-state index is -0.141. The first kappa shape index (κ1) is 16.5. The minimum absolute atomic E-state index is 0.115. The van der Waals surface area contributed by atoms with Gasteiger partial charge in [0.15, 0.2) is 0 Å². The molecule has 1 heterocycles. The number of nitrogens with one attached hydrogen (secondary N) is 1. The monoisotopic (exact) mass is 342 g/mol. The summed E-state index contributed by atoms with van der Waals surface area (Å²) in [6, 6.07) is 12.9. The molecule has 0 atom stereocenters. The largest absolute Gasteiger partial charge is 0.348 e. The first-order valence-electron chi connectivity index (χ1n) is 8.05. The van der Waals surface area contributed by atoms with Gasteiger partial charge in [0.2, 0.25) is 5.91 Å². The van der Waals surface area contributed by atoms with E-state index in [1.807, 2.05) is 37.3 Å². The maximum absolute atomic E-state index is 12.4. The normalized spacial score (nSPS) is 12.8. The van der Waals surface area contributed by atoms with Gasteiger partial charge in [-0.25, -0.2) is 0 Å². The van der Waals surface area contributed by atoms with Crippen molar-refractivity contribution in [3.05, 3.63) is 64.2 Å². The summed E-state index contributed by atoms with van der Waals surface area (Å²) in [5.41, 5.74) is 3.45. The molecule has 1 aliphatic rings. The van der Waals surface area contributed by atoms with Crippen molar-refractivity contribution < 1.29 is 9.59 Å². The highest BCUT2D eigenvalue weighted by molar-refractivity contribution is 6.31. The Morgan fingerprint density at radius 2 is 2.00 bits per heavy atom. The van der Waals surface area contributed by atoms with Crippen molar-refractivity contribution in [3.63, 3.8) is 0 Å². The van der Waals surface area contributed by atoms with E-state index in [0.717, 1.165) is 23.2 Å². The number of halogens is 1. The van der Waals surface area contributed by atoms with E-state index in [2.05, 4.69) is 5.32 Å². The van der Waals surface area contributed by atoms with Gasteiger partial charge in [0, 0.05) is 35.8 Å². The van der Waals surface area contributed by atoms with Crippen LogP contribution in [0.25, 0.3) is 0 Å². The zero-order valence-corrected chi connectivity index (χ0v) is 14.3. The topological polar surface area (TPSA) is 49.4 Å². The molecule has 24 heavy (non-hydrogen) atoms. The lowest BCUT2D eigenvalue weighted by Gasteiger charge is -2.16. The Bertz CT molecular complexity index is 789. The predicted octanol–water partition coefficient (Wildman–Crippen LogP) is 3.57. The van der Waals surface area contributed by atoms with E-state index in [1.54, 1.807) is 17.0 Å². The number of benzene rings is 2. The highest BCUT2D eigenvalue weighted by Crippen LogP contribution is 2.29. The zero-order valence-electron chi connectivity index (χ0n) is 13.5. The maximum atomic E-state index is 12.4. The molecule has 0 bridgehead atoms. The van der Waals surface area contributed by atoms with E-state index in [-0.39, 0.29) is 11.8 Å². The first-order chi connectivity index (χ1) is 11.6. The Kier molecular flexibility index (Phi) is 4.86. The van der Waals surface area contributed by atoms with E-state index in [1.165, 1.54) is 0 Å². The fourth-order valence-corrected chi connectivity index (χ4v) is 3.11. The van der Waals surface area contributed by atoms with Gasteiger partial charge in [-0.2, -0.15) is 0 Å². The van der Waals surface area contributed by atoms with E-state index >= 15 is 0 Å². The van der Waals surface area contributed by atoms with Crippen LogP contribution in [-0.4, -0.2) is 18.4 Å². The van der Waals surface area contributed by atoms with Crippen LogP contribution >= 0.6 is 11.6 Å². The standard InChI is InChI=1S/C19H19ClN2O2/c1-2-18(23)22-10-9-13-11-14(7-8-17(13)22)19(24)21-12-15-5-3-4-6-16(15)20/h3-8,11H,2,9-10,12H2,1H3,(H,21,24). The van der Waals surface area contributed by atoms with Gasteiger partial charge in [0.25, 0.3) is 5.91 Å². The number of carbonyl (C=O) groups excluding carboxylic acids is 2. The van der Waals surface area contributed by atoms with E-state index < -0.39 is 0 Å². The van der Waals surface area contributed by atoms with Gasteiger partial charge in [-0.05, 0) is 41.8 Å². The smallest absolute Gasteiger partial charge is 0.251 e. The summed E-state index contributed by atoms with van der Waals surface area (Å²) in [5.74, 6) is -0.0253. The number of anilines is 1. The predicted molar refractivity (Wildman–Crippen MR) is 95.4 cm³/mol. The van der Waals surface area contributed by atoms with Crippen LogP contribution in [0, 0.1) is 0 Å². The SMILES string of the molecule is CCC(=O)N1CCc2cc(C(=O)NCc3ccccc3Cl)ccc21. The molecule has 1 N–H and O–H groups in total. The molecule has 2 aromatic rings. The summed E-state index contributed by atoms with van der Waals surface area (Å²) in [7, 11) is 0. The molecule has 2 aromatic carbocycles. The average molecular weight is 343 g/mol. The molecule has 0 spiro atoms. The second-order valence-corrected chi connectivity index (χ2v) is 6.17. The molecule has 0 saturated carbocycles. The summed E-state index contributed by atoms with van der Waals surface area (Å²) < 4.78 is 0. The molecule has 0 fully saturated rings. The van der Waals surface area contributed by atoms with Crippen LogP contribution in [0.4, 0.5) is 5.69 Å². The van der Waals surface area contributed by atoms with Crippen molar-refractivity contribution in [1.29, 1.82) is 0 Å². The highest BCUT2D eigenvalue weighted by Gasteiger charge is 2.24. The van der Waals surface area contributed by atoms with Gasteiger partial charge < -0.3 is 10.2 Å². The number of amides is 2. The van der Waals surface area contributed by atoms with Crippen LogP contribution in [0.1, 0.15) is 34.8 Å². The quantitative estimate of drug-likeness (QED) is 0.923. The number of hydrogen-bond donors (Lipinski definition) is 1. The lowest BCUT2D eigenvalue weighted by molar-refractivity contribution is -0.118. The van der Waals surface area contributed by atoms with E-state index in [0.29, 0.717) is 30.1 Å². The third-order valence-electron chi connectivity index (χ3n) is 4.24. The molecule has 5 heteroatoms. The summed E-state index contributed by atoms with van der Waals surface area (Å²) in [5, 5.41) is 3.53. The minimum Gasteiger partial charge on any atom is -0.348 e. The van der Waals surface area contributed by atoms with Crippen LogP contribution in [0.15, 0.2) is 42.5 Å². The molecule has 4 nitrogen and oxygen atoms in total. The van der Waals surface area contributed by atoms with Crippen LogP contribution in [-0.2, 0) is 17.8 Å². The van der Waals surface area contributed by atoms with Gasteiger partial charge in [-0.1, -0.05) is 36.7 Å². The molecule has 124 valence electrons. The number of nitrogens with zero attached hydrogens (tertiary/aromatic N) is 1. The van der Waals surface area contributed by atoms with Crippen LogP contribution in [0.2, 0.25) is 5.02 Å². The summed E-state index contributed by atoms with van der Waals surface area (Å²) in [4.78, 5) is 26.1. The molecule has 3 rings (SSSR count). The zero-order chi connectivity index (χ0) is 17.1. The molecular formula is C19H19ClN2O2.